The number of imidazole rings is 1. The summed E-state index contributed by atoms with van der Waals surface area (Å²) in [6, 6.07) is 5.37. The van der Waals surface area contributed by atoms with Crippen LogP contribution in [0, 0.1) is 0 Å². The van der Waals surface area contributed by atoms with E-state index in [2.05, 4.69) is 9.97 Å². The van der Waals surface area contributed by atoms with Crippen molar-refractivity contribution in [3.63, 3.8) is 0 Å². The first kappa shape index (κ1) is 22.1. The van der Waals surface area contributed by atoms with E-state index in [-0.39, 0.29) is 47.5 Å². The SMILES string of the molecule is Cn1c(CN)nc2c(C(F)(F)F)cc(-c3ccc(C(=O)N4CCC(F)(F)CC4)cn3)cc21. The molecule has 11 heteroatoms. The van der Waals surface area contributed by atoms with Gasteiger partial charge in [-0.2, -0.15) is 13.2 Å². The fraction of sp³-hybridized carbons (Fsp3) is 0.381. The summed E-state index contributed by atoms with van der Waals surface area (Å²) in [6.45, 7) is -0.151. The van der Waals surface area contributed by atoms with Gasteiger partial charge in [-0.05, 0) is 24.3 Å². The molecule has 3 aromatic rings. The van der Waals surface area contributed by atoms with Crippen molar-refractivity contribution < 1.29 is 26.7 Å². The lowest BCUT2D eigenvalue weighted by Gasteiger charge is -2.31. The molecule has 4 rings (SSSR count). The van der Waals surface area contributed by atoms with Crippen LogP contribution >= 0.6 is 0 Å². The predicted molar refractivity (Wildman–Crippen MR) is 107 cm³/mol. The van der Waals surface area contributed by atoms with Gasteiger partial charge in [0.05, 0.1) is 28.9 Å². The van der Waals surface area contributed by atoms with E-state index in [1.807, 2.05) is 0 Å². The standard InChI is InChI=1S/C21H20F5N5O/c1-30-16-9-13(8-14(21(24,25)26)18(16)29-17(30)10-27)15-3-2-12(11-28-15)19(32)31-6-4-20(22,23)5-7-31/h2-3,8-9,11H,4-7,10,27H2,1H3. The third-order valence-corrected chi connectivity index (χ3v) is 5.66. The summed E-state index contributed by atoms with van der Waals surface area (Å²) in [5.74, 6) is -2.91. The van der Waals surface area contributed by atoms with Crippen LogP contribution in [0.4, 0.5) is 22.0 Å². The average molecular weight is 453 g/mol. The van der Waals surface area contributed by atoms with Crippen molar-refractivity contribution in [2.45, 2.75) is 31.5 Å². The molecule has 0 atom stereocenters. The van der Waals surface area contributed by atoms with Gasteiger partial charge in [-0.15, -0.1) is 0 Å². The van der Waals surface area contributed by atoms with Crippen molar-refractivity contribution in [1.29, 1.82) is 0 Å². The fourth-order valence-electron chi connectivity index (χ4n) is 3.79. The zero-order valence-corrected chi connectivity index (χ0v) is 17.1. The van der Waals surface area contributed by atoms with Crippen LogP contribution in [0.5, 0.6) is 0 Å². The molecule has 0 radical (unpaired) electrons. The number of aromatic nitrogens is 3. The number of carbonyl (C=O) groups excluding carboxylic acids is 1. The minimum Gasteiger partial charge on any atom is -0.338 e. The molecule has 0 aliphatic carbocycles. The third-order valence-electron chi connectivity index (χ3n) is 5.66. The van der Waals surface area contributed by atoms with E-state index >= 15 is 0 Å². The first-order chi connectivity index (χ1) is 15.0. The van der Waals surface area contributed by atoms with Crippen molar-refractivity contribution in [3.8, 4) is 11.3 Å². The number of rotatable bonds is 3. The maximum atomic E-state index is 13.7. The Hall–Kier alpha value is -3.08. The van der Waals surface area contributed by atoms with Gasteiger partial charge >= 0.3 is 6.18 Å². The number of amides is 1. The Labute approximate surface area is 179 Å². The van der Waals surface area contributed by atoms with E-state index in [1.165, 1.54) is 33.9 Å². The van der Waals surface area contributed by atoms with Gasteiger partial charge in [0, 0.05) is 44.7 Å². The monoisotopic (exact) mass is 453 g/mol. The first-order valence-electron chi connectivity index (χ1n) is 9.90. The molecule has 3 heterocycles. The van der Waals surface area contributed by atoms with Gasteiger partial charge in [0.15, 0.2) is 0 Å². The van der Waals surface area contributed by atoms with Crippen LogP contribution in [0.1, 0.15) is 34.6 Å². The maximum Gasteiger partial charge on any atom is 0.418 e. The van der Waals surface area contributed by atoms with Crippen LogP contribution in [0.3, 0.4) is 0 Å². The van der Waals surface area contributed by atoms with Crippen LogP contribution in [0.25, 0.3) is 22.3 Å². The molecule has 0 bridgehead atoms. The van der Waals surface area contributed by atoms with E-state index < -0.39 is 36.4 Å². The highest BCUT2D eigenvalue weighted by Gasteiger charge is 2.36. The zero-order chi connectivity index (χ0) is 23.3. The molecule has 1 aromatic carbocycles. The Morgan fingerprint density at radius 2 is 1.88 bits per heavy atom. The molecule has 6 nitrogen and oxygen atoms in total. The second-order valence-corrected chi connectivity index (χ2v) is 7.76. The van der Waals surface area contributed by atoms with Crippen molar-refractivity contribution in [2.24, 2.45) is 12.8 Å². The molecule has 2 N–H and O–H groups in total. The summed E-state index contributed by atoms with van der Waals surface area (Å²) >= 11 is 0. The molecular weight excluding hydrogens is 433 g/mol. The number of carbonyl (C=O) groups is 1. The molecular formula is C21H20F5N5O. The van der Waals surface area contributed by atoms with E-state index in [4.69, 9.17) is 5.73 Å². The largest absolute Gasteiger partial charge is 0.418 e. The van der Waals surface area contributed by atoms with Crippen LogP contribution in [-0.2, 0) is 19.8 Å². The lowest BCUT2D eigenvalue weighted by molar-refractivity contribution is -0.136. The zero-order valence-electron chi connectivity index (χ0n) is 17.1. The quantitative estimate of drug-likeness (QED) is 0.609. The molecule has 1 aliphatic rings. The van der Waals surface area contributed by atoms with Gasteiger partial charge in [-0.25, -0.2) is 13.8 Å². The van der Waals surface area contributed by atoms with Crippen molar-refractivity contribution in [1.82, 2.24) is 19.4 Å². The lowest BCUT2D eigenvalue weighted by atomic mass is 10.0. The number of fused-ring (bicyclic) bond motifs is 1. The van der Waals surface area contributed by atoms with Crippen LogP contribution in [0.15, 0.2) is 30.5 Å². The molecule has 170 valence electrons. The van der Waals surface area contributed by atoms with E-state index in [0.717, 1.165) is 6.07 Å². The normalized spacial score (nSPS) is 16.5. The number of hydrogen-bond acceptors (Lipinski definition) is 4. The van der Waals surface area contributed by atoms with Crippen molar-refractivity contribution in [2.75, 3.05) is 13.1 Å². The minimum atomic E-state index is -4.64. The number of likely N-dealkylation sites (tertiary alicyclic amines) is 1. The number of aryl methyl sites for hydroxylation is 1. The average Bonchev–Trinajstić information content (AvgIpc) is 3.07. The summed E-state index contributed by atoms with van der Waals surface area (Å²) in [5, 5.41) is 0. The van der Waals surface area contributed by atoms with Crippen LogP contribution in [-0.4, -0.2) is 44.4 Å². The Balaban J connectivity index is 1.67. The van der Waals surface area contributed by atoms with Crippen LogP contribution in [0.2, 0.25) is 0 Å². The smallest absolute Gasteiger partial charge is 0.338 e. The Morgan fingerprint density at radius 1 is 1.19 bits per heavy atom. The van der Waals surface area contributed by atoms with Crippen LogP contribution < -0.4 is 5.73 Å². The van der Waals surface area contributed by atoms with Gasteiger partial charge in [0.1, 0.15) is 11.3 Å². The molecule has 32 heavy (non-hydrogen) atoms. The summed E-state index contributed by atoms with van der Waals surface area (Å²) in [5.41, 5.74) is 5.36. The Kier molecular flexibility index (Phi) is 5.40. The molecule has 1 fully saturated rings. The summed E-state index contributed by atoms with van der Waals surface area (Å²) in [4.78, 5) is 22.1. The minimum absolute atomic E-state index is 0.0186. The summed E-state index contributed by atoms with van der Waals surface area (Å²) < 4.78 is 69.2. The van der Waals surface area contributed by atoms with E-state index in [9.17, 15) is 26.7 Å². The van der Waals surface area contributed by atoms with Gasteiger partial charge in [0.25, 0.3) is 11.8 Å². The van der Waals surface area contributed by atoms with E-state index in [1.54, 1.807) is 7.05 Å². The van der Waals surface area contributed by atoms with Gasteiger partial charge in [0.2, 0.25) is 0 Å². The molecule has 1 aliphatic heterocycles. The van der Waals surface area contributed by atoms with Gasteiger partial charge in [-0.3, -0.25) is 9.78 Å². The topological polar surface area (TPSA) is 77.0 Å². The molecule has 1 amide bonds. The number of halogens is 5. The number of nitrogens with two attached hydrogens (primary N) is 1. The second-order valence-electron chi connectivity index (χ2n) is 7.76. The highest BCUT2D eigenvalue weighted by molar-refractivity contribution is 5.94. The van der Waals surface area contributed by atoms with E-state index in [0.29, 0.717) is 5.82 Å². The highest BCUT2D eigenvalue weighted by atomic mass is 19.4. The molecule has 0 unspecified atom stereocenters. The lowest BCUT2D eigenvalue weighted by Crippen LogP contribution is -2.42. The number of nitrogens with zero attached hydrogens (tertiary/aromatic N) is 4. The Bertz CT molecular complexity index is 1160. The summed E-state index contributed by atoms with van der Waals surface area (Å²) in [7, 11) is 1.58. The molecule has 1 saturated heterocycles. The number of piperidine rings is 1. The fourth-order valence-corrected chi connectivity index (χ4v) is 3.79. The summed E-state index contributed by atoms with van der Waals surface area (Å²) in [6.07, 6.45) is -4.20. The molecule has 0 spiro atoms. The van der Waals surface area contributed by atoms with Crippen molar-refractivity contribution >= 4 is 16.9 Å². The molecule has 2 aromatic heterocycles. The maximum absolute atomic E-state index is 13.7. The Morgan fingerprint density at radius 3 is 2.44 bits per heavy atom. The number of hydrogen-bond donors (Lipinski definition) is 1. The number of benzene rings is 1. The van der Waals surface area contributed by atoms with Gasteiger partial charge in [-0.1, -0.05) is 0 Å². The number of alkyl halides is 5. The second kappa shape index (κ2) is 7.80. The molecule has 0 saturated carbocycles. The first-order valence-corrected chi connectivity index (χ1v) is 9.90. The van der Waals surface area contributed by atoms with Crippen molar-refractivity contribution in [3.05, 3.63) is 47.4 Å². The number of pyridine rings is 1. The van der Waals surface area contributed by atoms with Gasteiger partial charge < -0.3 is 15.2 Å². The highest BCUT2D eigenvalue weighted by Crippen LogP contribution is 2.37. The third kappa shape index (κ3) is 4.04. The predicted octanol–water partition coefficient (Wildman–Crippen LogP) is 3.98.